The highest BCUT2D eigenvalue weighted by Crippen LogP contribution is 2.52. The molecule has 10 nitrogen and oxygen atoms in total. The van der Waals surface area contributed by atoms with Gasteiger partial charge >= 0.3 is 0 Å². The first kappa shape index (κ1) is 23.2. The van der Waals surface area contributed by atoms with Gasteiger partial charge in [0, 0.05) is 17.6 Å². The van der Waals surface area contributed by atoms with Gasteiger partial charge in [-0.25, -0.2) is 0 Å². The fourth-order valence-electron chi connectivity index (χ4n) is 5.56. The molecule has 0 heterocycles. The summed E-state index contributed by atoms with van der Waals surface area (Å²) in [6, 6.07) is 3.67. The zero-order valence-electron chi connectivity index (χ0n) is 18.4. The largest absolute Gasteiger partial charge is 0.510 e. The highest BCUT2D eigenvalue weighted by atomic mass is 16.3. The third-order valence-corrected chi connectivity index (χ3v) is 6.98. The quantitative estimate of drug-likeness (QED) is 0.316. The number of hydrogen-bond donors (Lipinski definition) is 5. The summed E-state index contributed by atoms with van der Waals surface area (Å²) in [6.45, 7) is 0. The van der Waals surface area contributed by atoms with Crippen molar-refractivity contribution in [1.82, 2.24) is 4.90 Å². The van der Waals surface area contributed by atoms with Crippen molar-refractivity contribution >= 4 is 23.5 Å². The minimum absolute atomic E-state index is 0.00280. The van der Waals surface area contributed by atoms with E-state index in [0.29, 0.717) is 11.1 Å². The Morgan fingerprint density at radius 1 is 1.26 bits per heavy atom. The van der Waals surface area contributed by atoms with Gasteiger partial charge in [0.15, 0.2) is 11.4 Å². The number of allylic oxidation sites excluding steroid dienone is 2. The van der Waals surface area contributed by atoms with Gasteiger partial charge in [-0.15, -0.1) is 0 Å². The molecule has 1 aromatic rings. The van der Waals surface area contributed by atoms with E-state index < -0.39 is 58.0 Å². The number of hydrogen-bond acceptors (Lipinski definition) is 9. The number of benzene rings is 1. The van der Waals surface area contributed by atoms with E-state index in [4.69, 9.17) is 11.0 Å². The predicted molar refractivity (Wildman–Crippen MR) is 118 cm³/mol. The first-order valence-electron chi connectivity index (χ1n) is 10.5. The summed E-state index contributed by atoms with van der Waals surface area (Å²) in [4.78, 5) is 40.1. The first-order valence-corrected chi connectivity index (χ1v) is 10.5. The van der Waals surface area contributed by atoms with Gasteiger partial charge in [0.1, 0.15) is 22.8 Å². The molecule has 0 saturated heterocycles. The van der Waals surface area contributed by atoms with E-state index in [1.54, 1.807) is 20.2 Å². The maximum Gasteiger partial charge on any atom is 0.255 e. The van der Waals surface area contributed by atoms with Crippen LogP contribution in [0.5, 0.6) is 5.75 Å². The Morgan fingerprint density at radius 2 is 1.94 bits per heavy atom. The number of fused-ring (bicyclic) bond motifs is 3. The van der Waals surface area contributed by atoms with Crippen LogP contribution in [-0.4, -0.2) is 68.5 Å². The van der Waals surface area contributed by atoms with Crippen LogP contribution < -0.4 is 5.73 Å². The van der Waals surface area contributed by atoms with Crippen molar-refractivity contribution < 1.29 is 34.8 Å². The number of aromatic hydroxyl groups is 1. The van der Waals surface area contributed by atoms with Crippen molar-refractivity contribution in [1.29, 1.82) is 5.26 Å². The number of amides is 1. The maximum atomic E-state index is 13.5. The molecule has 0 saturated carbocycles. The average molecular weight is 465 g/mol. The summed E-state index contributed by atoms with van der Waals surface area (Å²) in [6.07, 6.45) is 2.90. The number of nitriles is 1. The summed E-state index contributed by atoms with van der Waals surface area (Å²) in [5.74, 6) is -6.95. The smallest absolute Gasteiger partial charge is 0.255 e. The van der Waals surface area contributed by atoms with Crippen LogP contribution in [0.4, 0.5) is 0 Å². The summed E-state index contributed by atoms with van der Waals surface area (Å²) in [5, 5.41) is 52.8. The number of aliphatic hydroxyl groups excluding tert-OH is 2. The molecular weight excluding hydrogens is 442 g/mol. The van der Waals surface area contributed by atoms with Crippen LogP contribution in [-0.2, 0) is 16.0 Å². The van der Waals surface area contributed by atoms with E-state index in [2.05, 4.69) is 0 Å². The second kappa shape index (κ2) is 7.83. The third kappa shape index (κ3) is 2.98. The number of aliphatic hydroxyl groups is 3. The first-order chi connectivity index (χ1) is 16.0. The fraction of sp³-hybridized carbons (Fsp3) is 0.333. The van der Waals surface area contributed by atoms with Crippen LogP contribution in [0, 0.1) is 23.2 Å². The topological polar surface area (TPSA) is 185 Å². The van der Waals surface area contributed by atoms with Crippen LogP contribution in [0.1, 0.15) is 27.9 Å². The molecule has 0 aromatic heterocycles. The van der Waals surface area contributed by atoms with Crippen molar-refractivity contribution in [2.45, 2.75) is 24.5 Å². The molecule has 0 spiro atoms. The normalized spacial score (nSPS) is 28.6. The molecule has 0 aliphatic heterocycles. The lowest BCUT2D eigenvalue weighted by atomic mass is 9.58. The molecule has 34 heavy (non-hydrogen) atoms. The van der Waals surface area contributed by atoms with Gasteiger partial charge in [-0.1, -0.05) is 6.07 Å². The van der Waals surface area contributed by atoms with E-state index in [0.717, 1.165) is 0 Å². The number of phenols is 1. The van der Waals surface area contributed by atoms with E-state index in [9.17, 15) is 34.8 Å². The SMILES string of the molecule is CN(C)[C@@H]1C(O)=C(C(N)=O)C(=O)[C@@]2(O)C(O)=C3C(=O)c4c(O)ccc(C=CC#N)c4C[C@H]3C[C@@H]12. The number of carbonyl (C=O) groups is 3. The average Bonchev–Trinajstić information content (AvgIpc) is 2.75. The van der Waals surface area contributed by atoms with Gasteiger partial charge in [-0.2, -0.15) is 5.26 Å². The molecule has 0 fully saturated rings. The monoisotopic (exact) mass is 465 g/mol. The summed E-state index contributed by atoms with van der Waals surface area (Å²) in [5.41, 5.74) is 2.46. The molecule has 4 rings (SSSR count). The van der Waals surface area contributed by atoms with Crippen molar-refractivity contribution in [3.05, 3.63) is 57.6 Å². The Kier molecular flexibility index (Phi) is 5.35. The number of likely N-dealkylation sites (N-methyl/N-ethyl adjacent to an activating group) is 1. The molecule has 3 aliphatic rings. The van der Waals surface area contributed by atoms with Crippen LogP contribution in [0.15, 0.2) is 40.9 Å². The summed E-state index contributed by atoms with van der Waals surface area (Å²) < 4.78 is 0. The molecular formula is C24H23N3O7. The molecule has 10 heteroatoms. The van der Waals surface area contributed by atoms with Crippen LogP contribution in [0.3, 0.4) is 0 Å². The number of phenolic OH excluding ortho intramolecular Hbond substituents is 1. The molecule has 1 amide bonds. The molecule has 0 radical (unpaired) electrons. The van der Waals surface area contributed by atoms with Crippen molar-refractivity contribution in [2.24, 2.45) is 17.6 Å². The van der Waals surface area contributed by atoms with E-state index in [1.165, 1.54) is 23.1 Å². The van der Waals surface area contributed by atoms with Gasteiger partial charge in [-0.05, 0) is 56.1 Å². The van der Waals surface area contributed by atoms with Gasteiger partial charge < -0.3 is 26.2 Å². The Bertz CT molecular complexity index is 1280. The fourth-order valence-corrected chi connectivity index (χ4v) is 5.56. The molecule has 6 N–H and O–H groups in total. The third-order valence-electron chi connectivity index (χ3n) is 6.98. The minimum Gasteiger partial charge on any atom is -0.510 e. The number of ketones is 2. The molecule has 0 unspecified atom stereocenters. The second-order valence-electron chi connectivity index (χ2n) is 8.95. The Labute approximate surface area is 194 Å². The summed E-state index contributed by atoms with van der Waals surface area (Å²) in [7, 11) is 3.13. The molecule has 0 bridgehead atoms. The van der Waals surface area contributed by atoms with Gasteiger partial charge in [0.2, 0.25) is 5.78 Å². The van der Waals surface area contributed by atoms with Crippen molar-refractivity contribution in [2.75, 3.05) is 14.1 Å². The lowest BCUT2D eigenvalue weighted by molar-refractivity contribution is -0.148. The number of primary amides is 1. The molecule has 1 aromatic carbocycles. The second-order valence-corrected chi connectivity index (χ2v) is 8.95. The number of rotatable bonds is 3. The lowest BCUT2D eigenvalue weighted by Crippen LogP contribution is -2.63. The Balaban J connectivity index is 1.97. The highest BCUT2D eigenvalue weighted by Gasteiger charge is 2.63. The van der Waals surface area contributed by atoms with E-state index >= 15 is 0 Å². The van der Waals surface area contributed by atoms with Crippen molar-refractivity contribution in [3.8, 4) is 11.8 Å². The Morgan fingerprint density at radius 3 is 2.53 bits per heavy atom. The van der Waals surface area contributed by atoms with Gasteiger partial charge in [-0.3, -0.25) is 19.3 Å². The summed E-state index contributed by atoms with van der Waals surface area (Å²) >= 11 is 0. The predicted octanol–water partition coefficient (Wildman–Crippen LogP) is 0.657. The minimum atomic E-state index is -2.67. The molecule has 176 valence electrons. The zero-order valence-corrected chi connectivity index (χ0v) is 18.4. The standard InChI is InChI=1S/C24H23N3O7/c1-27(2)18-13-9-11-8-12-10(4-3-7-25)5-6-14(28)16(12)19(29)15(11)21(31)24(13,34)22(32)17(20(18)30)23(26)33/h3-6,11,13,18,28,30-31,34H,8-9H2,1-2H3,(H2,26,33)/t11-,13-,18-,24-/m0/s1. The number of carbonyl (C=O) groups excluding carboxylic acids is 3. The molecule has 4 atom stereocenters. The van der Waals surface area contributed by atoms with Crippen LogP contribution in [0.2, 0.25) is 0 Å². The van der Waals surface area contributed by atoms with E-state index in [-0.39, 0.29) is 29.7 Å². The maximum absolute atomic E-state index is 13.5. The Hall–Kier alpha value is -3.94. The van der Waals surface area contributed by atoms with Crippen molar-refractivity contribution in [3.63, 3.8) is 0 Å². The van der Waals surface area contributed by atoms with Crippen LogP contribution in [0.25, 0.3) is 6.08 Å². The van der Waals surface area contributed by atoms with E-state index in [1.807, 2.05) is 6.07 Å². The number of nitrogens with zero attached hydrogens (tertiary/aromatic N) is 2. The lowest BCUT2D eigenvalue weighted by Gasteiger charge is -2.50. The van der Waals surface area contributed by atoms with Gasteiger partial charge in [0.25, 0.3) is 5.91 Å². The number of Topliss-reactive ketones (excluding diaryl/α,β-unsaturated/α-hetero) is 2. The highest BCUT2D eigenvalue weighted by molar-refractivity contribution is 6.24. The van der Waals surface area contributed by atoms with Crippen LogP contribution >= 0.6 is 0 Å². The zero-order chi connectivity index (χ0) is 25.1. The van der Waals surface area contributed by atoms with Gasteiger partial charge in [0.05, 0.1) is 17.7 Å². The number of nitrogens with two attached hydrogens (primary N) is 1. The molecule has 3 aliphatic carbocycles.